The molecule has 5 heteroatoms. The van der Waals surface area contributed by atoms with Crippen LogP contribution >= 0.6 is 0 Å². The highest BCUT2D eigenvalue weighted by Gasteiger charge is 2.15. The summed E-state index contributed by atoms with van der Waals surface area (Å²) in [6.45, 7) is 0.0352. The van der Waals surface area contributed by atoms with E-state index in [4.69, 9.17) is 9.84 Å². The number of carbonyl (C=O) groups excluding carboxylic acids is 2. The molecule has 0 saturated carbocycles. The van der Waals surface area contributed by atoms with Crippen LogP contribution in [-0.4, -0.2) is 31.0 Å². The van der Waals surface area contributed by atoms with Crippen molar-refractivity contribution in [3.8, 4) is 5.75 Å². The van der Waals surface area contributed by atoms with Gasteiger partial charge in [0.2, 0.25) is 0 Å². The minimum Gasteiger partial charge on any atom is -0.482 e. The van der Waals surface area contributed by atoms with Crippen molar-refractivity contribution in [2.75, 3.05) is 19.0 Å². The summed E-state index contributed by atoms with van der Waals surface area (Å²) in [5, 5.41) is 9.61. The Morgan fingerprint density at radius 2 is 2.20 bits per heavy atom. The number of nitrogens with one attached hydrogen (secondary N) is 1. The molecule has 0 aromatic heterocycles. The quantitative estimate of drug-likeness (QED) is 0.658. The normalized spacial score (nSPS) is 12.5. The van der Waals surface area contributed by atoms with Crippen molar-refractivity contribution in [3.05, 3.63) is 23.8 Å². The Balaban J connectivity index is 0.000000531. The van der Waals surface area contributed by atoms with Gasteiger partial charge < -0.3 is 15.2 Å². The second-order valence-corrected chi connectivity index (χ2v) is 2.71. The molecule has 1 amide bonds. The third kappa shape index (κ3) is 2.54. The van der Waals surface area contributed by atoms with E-state index in [0.717, 1.165) is 13.4 Å². The Morgan fingerprint density at radius 1 is 1.47 bits per heavy atom. The first-order chi connectivity index (χ1) is 7.29. The van der Waals surface area contributed by atoms with E-state index in [0.29, 0.717) is 17.0 Å². The fraction of sp³-hybridized carbons (Fsp3) is 0.200. The van der Waals surface area contributed by atoms with Gasteiger partial charge in [0.05, 0.1) is 5.69 Å². The molecule has 0 fully saturated rings. The Bertz CT molecular complexity index is 376. The highest BCUT2D eigenvalue weighted by atomic mass is 16.5. The molecule has 2 rings (SSSR count). The molecule has 1 aromatic carbocycles. The van der Waals surface area contributed by atoms with E-state index in [2.05, 4.69) is 5.32 Å². The van der Waals surface area contributed by atoms with E-state index in [9.17, 15) is 9.59 Å². The number of rotatable bonds is 1. The lowest BCUT2D eigenvalue weighted by Gasteiger charge is -2.17. The lowest BCUT2D eigenvalue weighted by molar-refractivity contribution is -0.118. The van der Waals surface area contributed by atoms with Crippen molar-refractivity contribution >= 4 is 17.9 Å². The van der Waals surface area contributed by atoms with Gasteiger partial charge in [0.1, 0.15) is 12.0 Å². The highest BCUT2D eigenvalue weighted by Crippen LogP contribution is 2.27. The third-order valence-electron chi connectivity index (χ3n) is 1.77. The molecule has 1 heterocycles. The van der Waals surface area contributed by atoms with Gasteiger partial charge in [0.15, 0.2) is 6.61 Å². The molecule has 0 spiro atoms. The predicted molar refractivity (Wildman–Crippen MR) is 54.1 cm³/mol. The summed E-state index contributed by atoms with van der Waals surface area (Å²) in [6.07, 6.45) is 0.723. The van der Waals surface area contributed by atoms with Gasteiger partial charge >= 0.3 is 0 Å². The molecule has 2 N–H and O–H groups in total. The number of carbonyl (C=O) groups is 2. The van der Waals surface area contributed by atoms with E-state index in [1.165, 1.54) is 0 Å². The van der Waals surface area contributed by atoms with Crippen molar-refractivity contribution < 1.29 is 19.4 Å². The lowest BCUT2D eigenvalue weighted by Crippen LogP contribution is -2.25. The van der Waals surface area contributed by atoms with Gasteiger partial charge in [-0.1, -0.05) is 0 Å². The number of anilines is 1. The SMILES string of the molecule is CO.O=Cc1ccc2c(c1)NC(=O)CO2. The van der Waals surface area contributed by atoms with Gasteiger partial charge in [-0.25, -0.2) is 0 Å². The number of amides is 1. The standard InChI is InChI=1S/C9H7NO3.CH4O/c11-4-6-1-2-8-7(3-6)10-9(12)5-13-8;1-2/h1-4H,5H2,(H,10,12);2H,1H3. The largest absolute Gasteiger partial charge is 0.482 e. The Morgan fingerprint density at radius 3 is 2.87 bits per heavy atom. The highest BCUT2D eigenvalue weighted by molar-refractivity contribution is 5.96. The number of aldehydes is 1. The van der Waals surface area contributed by atoms with Crippen molar-refractivity contribution in [1.29, 1.82) is 0 Å². The number of aliphatic hydroxyl groups is 1. The molecular formula is C10H11NO4. The van der Waals surface area contributed by atoms with Crippen LogP contribution in [0.4, 0.5) is 5.69 Å². The van der Waals surface area contributed by atoms with Crippen LogP contribution in [0.15, 0.2) is 18.2 Å². The first-order valence-electron chi connectivity index (χ1n) is 4.26. The first kappa shape index (κ1) is 11.2. The average Bonchev–Trinajstić information content (AvgIpc) is 2.30. The third-order valence-corrected chi connectivity index (χ3v) is 1.77. The number of ether oxygens (including phenoxy) is 1. The van der Waals surface area contributed by atoms with Crippen LogP contribution in [0.25, 0.3) is 0 Å². The second-order valence-electron chi connectivity index (χ2n) is 2.71. The van der Waals surface area contributed by atoms with Gasteiger partial charge in [-0.2, -0.15) is 0 Å². The first-order valence-corrected chi connectivity index (χ1v) is 4.26. The lowest BCUT2D eigenvalue weighted by atomic mass is 10.2. The molecule has 5 nitrogen and oxygen atoms in total. The number of hydrogen-bond donors (Lipinski definition) is 2. The molecule has 0 aliphatic carbocycles. The maximum Gasteiger partial charge on any atom is 0.262 e. The summed E-state index contributed by atoms with van der Waals surface area (Å²) in [4.78, 5) is 21.3. The van der Waals surface area contributed by atoms with E-state index < -0.39 is 0 Å². The number of benzene rings is 1. The van der Waals surface area contributed by atoms with E-state index >= 15 is 0 Å². The van der Waals surface area contributed by atoms with E-state index in [1.807, 2.05) is 0 Å². The molecule has 0 saturated heterocycles. The van der Waals surface area contributed by atoms with Crippen molar-refractivity contribution in [2.24, 2.45) is 0 Å². The zero-order valence-corrected chi connectivity index (χ0v) is 8.19. The number of aliphatic hydroxyl groups excluding tert-OH is 1. The van der Waals surface area contributed by atoms with Crippen LogP contribution in [0.5, 0.6) is 5.75 Å². The number of hydrogen-bond acceptors (Lipinski definition) is 4. The molecule has 15 heavy (non-hydrogen) atoms. The average molecular weight is 209 g/mol. The van der Waals surface area contributed by atoms with Crippen LogP contribution in [0, 0.1) is 0 Å². The van der Waals surface area contributed by atoms with Crippen LogP contribution in [0.2, 0.25) is 0 Å². The Hall–Kier alpha value is -1.88. The monoisotopic (exact) mass is 209 g/mol. The molecule has 0 unspecified atom stereocenters. The molecule has 0 radical (unpaired) electrons. The fourth-order valence-electron chi connectivity index (χ4n) is 1.17. The van der Waals surface area contributed by atoms with Gasteiger partial charge in [0, 0.05) is 12.7 Å². The van der Waals surface area contributed by atoms with Crippen LogP contribution in [0.3, 0.4) is 0 Å². The Kier molecular flexibility index (Phi) is 3.82. The van der Waals surface area contributed by atoms with Crippen LogP contribution in [-0.2, 0) is 4.79 Å². The molecule has 0 atom stereocenters. The minimum absolute atomic E-state index is 0.0352. The smallest absolute Gasteiger partial charge is 0.262 e. The molecule has 1 aliphatic rings. The van der Waals surface area contributed by atoms with Crippen LogP contribution in [0.1, 0.15) is 10.4 Å². The van der Waals surface area contributed by atoms with Crippen molar-refractivity contribution in [1.82, 2.24) is 0 Å². The predicted octanol–water partition coefficient (Wildman–Crippen LogP) is 0.438. The summed E-state index contributed by atoms with van der Waals surface area (Å²) < 4.78 is 5.11. The van der Waals surface area contributed by atoms with Crippen molar-refractivity contribution in [3.63, 3.8) is 0 Å². The van der Waals surface area contributed by atoms with Gasteiger partial charge in [-0.05, 0) is 18.2 Å². The Labute approximate surface area is 86.7 Å². The summed E-state index contributed by atoms with van der Waals surface area (Å²) in [5.41, 5.74) is 1.07. The summed E-state index contributed by atoms with van der Waals surface area (Å²) in [6, 6.07) is 4.89. The van der Waals surface area contributed by atoms with Gasteiger partial charge in [-0.15, -0.1) is 0 Å². The van der Waals surface area contributed by atoms with Crippen LogP contribution < -0.4 is 10.1 Å². The van der Waals surface area contributed by atoms with E-state index in [1.54, 1.807) is 18.2 Å². The topological polar surface area (TPSA) is 75.6 Å². The summed E-state index contributed by atoms with van der Waals surface area (Å²) >= 11 is 0. The van der Waals surface area contributed by atoms with Gasteiger partial charge in [0.25, 0.3) is 5.91 Å². The molecule has 0 bridgehead atoms. The summed E-state index contributed by atoms with van der Waals surface area (Å²) in [7, 11) is 1.00. The van der Waals surface area contributed by atoms with E-state index in [-0.39, 0.29) is 12.5 Å². The maximum atomic E-state index is 10.9. The number of fused-ring (bicyclic) bond motifs is 1. The molecule has 1 aromatic rings. The zero-order valence-electron chi connectivity index (χ0n) is 8.19. The zero-order chi connectivity index (χ0) is 11.3. The molecular weight excluding hydrogens is 198 g/mol. The van der Waals surface area contributed by atoms with Gasteiger partial charge in [-0.3, -0.25) is 9.59 Å². The van der Waals surface area contributed by atoms with Crippen molar-refractivity contribution in [2.45, 2.75) is 0 Å². The molecule has 1 aliphatic heterocycles. The second kappa shape index (κ2) is 5.11. The molecule has 80 valence electrons. The minimum atomic E-state index is -0.199. The fourth-order valence-corrected chi connectivity index (χ4v) is 1.17. The summed E-state index contributed by atoms with van der Waals surface area (Å²) in [5.74, 6) is 0.403. The maximum absolute atomic E-state index is 10.9.